The molecule has 148 valence electrons. The van der Waals surface area contributed by atoms with E-state index in [0.29, 0.717) is 28.4 Å². The van der Waals surface area contributed by atoms with E-state index < -0.39 is 0 Å². The highest BCUT2D eigenvalue weighted by Gasteiger charge is 2.32. The lowest BCUT2D eigenvalue weighted by Gasteiger charge is -2.16. The van der Waals surface area contributed by atoms with Gasteiger partial charge >= 0.3 is 0 Å². The van der Waals surface area contributed by atoms with Crippen LogP contribution in [0.2, 0.25) is 0 Å². The van der Waals surface area contributed by atoms with Crippen molar-refractivity contribution >= 4 is 22.3 Å². The normalized spacial score (nSPS) is 15.1. The molecule has 0 fully saturated rings. The maximum atomic E-state index is 13.9. The zero-order valence-electron chi connectivity index (χ0n) is 16.7. The second-order valence-corrected chi connectivity index (χ2v) is 7.45. The Morgan fingerprint density at radius 2 is 2.07 bits per heavy atom. The molecule has 0 radical (unpaired) electrons. The van der Waals surface area contributed by atoms with Crippen LogP contribution < -0.4 is 14.2 Å². The first-order valence-electron chi connectivity index (χ1n) is 9.62. The summed E-state index contributed by atoms with van der Waals surface area (Å²) in [6.07, 6.45) is 2.69. The summed E-state index contributed by atoms with van der Waals surface area (Å²) < 4.78 is 17.0. The number of Topliss-reactive ketones (excluding diaryl/α,β-unsaturated/α-hetero) is 1. The van der Waals surface area contributed by atoms with E-state index in [-0.39, 0.29) is 12.6 Å². The van der Waals surface area contributed by atoms with Crippen LogP contribution in [0.3, 0.4) is 0 Å². The van der Waals surface area contributed by atoms with Crippen LogP contribution in [0.15, 0.2) is 36.5 Å². The fourth-order valence-electron chi connectivity index (χ4n) is 4.27. The molecule has 0 saturated heterocycles. The first-order chi connectivity index (χ1) is 14.1. The molecule has 1 N–H and O–H groups in total. The summed E-state index contributed by atoms with van der Waals surface area (Å²) in [5.41, 5.74) is 4.90. The molecule has 2 aliphatic heterocycles. The largest absolute Gasteiger partial charge is 0.492 e. The van der Waals surface area contributed by atoms with Gasteiger partial charge in [0.15, 0.2) is 17.3 Å². The number of aromatic amines is 1. The number of para-hydroxylation sites is 1. The van der Waals surface area contributed by atoms with Crippen LogP contribution in [0.5, 0.6) is 17.2 Å². The lowest BCUT2D eigenvalue weighted by Crippen LogP contribution is -2.14. The van der Waals surface area contributed by atoms with Gasteiger partial charge in [0.25, 0.3) is 0 Å². The predicted octanol–water partition coefficient (Wildman–Crippen LogP) is 3.93. The number of nitrogens with one attached hydrogen (secondary N) is 1. The molecule has 3 heterocycles. The maximum Gasteiger partial charge on any atom is 0.231 e. The molecule has 29 heavy (non-hydrogen) atoms. The number of nitrogens with zero attached hydrogens (tertiary/aromatic N) is 1. The monoisotopic (exact) mass is 390 g/mol. The third-order valence-electron chi connectivity index (χ3n) is 5.62. The van der Waals surface area contributed by atoms with E-state index in [9.17, 15) is 4.79 Å². The Balaban J connectivity index is 1.75. The molecule has 0 spiro atoms. The fraction of sp³-hybridized carbons (Fsp3) is 0.261. The first kappa shape index (κ1) is 17.7. The summed E-state index contributed by atoms with van der Waals surface area (Å²) in [7, 11) is 3.58. The van der Waals surface area contributed by atoms with Gasteiger partial charge < -0.3 is 24.1 Å². The molecule has 5 rings (SSSR count). The Labute approximate surface area is 168 Å². The Hall–Kier alpha value is -3.41. The summed E-state index contributed by atoms with van der Waals surface area (Å²) >= 11 is 0. The van der Waals surface area contributed by atoms with Crippen molar-refractivity contribution in [2.45, 2.75) is 13.3 Å². The highest BCUT2D eigenvalue weighted by Crippen LogP contribution is 2.48. The molecule has 1 aromatic heterocycles. The molecule has 3 aromatic rings. The van der Waals surface area contributed by atoms with E-state index >= 15 is 0 Å². The third kappa shape index (κ3) is 2.67. The number of ketones is 1. The molecule has 6 nitrogen and oxygen atoms in total. The second kappa shape index (κ2) is 6.58. The molecule has 0 amide bonds. The zero-order chi connectivity index (χ0) is 20.1. The molecular weight excluding hydrogens is 368 g/mol. The number of H-pyrrole nitrogens is 1. The van der Waals surface area contributed by atoms with Crippen molar-refractivity contribution in [3.63, 3.8) is 0 Å². The minimum Gasteiger partial charge on any atom is -0.492 e. The van der Waals surface area contributed by atoms with Gasteiger partial charge in [0.05, 0.1) is 12.7 Å². The van der Waals surface area contributed by atoms with Crippen LogP contribution >= 0.6 is 0 Å². The van der Waals surface area contributed by atoms with Gasteiger partial charge in [-0.05, 0) is 31.0 Å². The SMILES string of the molecule is COc1c2c(cc3c1C(C(=O)c1c(C)[nH]c4ccccc14)=CN(C)CC3)OCO2. The number of fused-ring (bicyclic) bond motifs is 3. The number of aromatic nitrogens is 1. The minimum atomic E-state index is -0.0351. The van der Waals surface area contributed by atoms with E-state index in [4.69, 9.17) is 14.2 Å². The molecular formula is C23H22N2O4. The molecule has 2 aliphatic rings. The van der Waals surface area contributed by atoms with Gasteiger partial charge in [-0.25, -0.2) is 0 Å². The molecule has 0 bridgehead atoms. The minimum absolute atomic E-state index is 0.0351. The van der Waals surface area contributed by atoms with E-state index in [1.807, 2.05) is 55.4 Å². The summed E-state index contributed by atoms with van der Waals surface area (Å²) in [4.78, 5) is 19.3. The number of hydrogen-bond acceptors (Lipinski definition) is 5. The summed E-state index contributed by atoms with van der Waals surface area (Å²) in [5.74, 6) is 1.75. The van der Waals surface area contributed by atoms with E-state index in [1.165, 1.54) is 0 Å². The Bertz CT molecular complexity index is 1180. The topological polar surface area (TPSA) is 63.8 Å². The van der Waals surface area contributed by atoms with E-state index in [0.717, 1.165) is 40.7 Å². The van der Waals surface area contributed by atoms with Gasteiger partial charge in [-0.15, -0.1) is 0 Å². The predicted molar refractivity (Wildman–Crippen MR) is 111 cm³/mol. The standard InChI is InChI=1S/C23H22N2O4/c1-13-19(15-6-4-5-7-17(15)24-13)21(26)16-11-25(2)9-8-14-10-18-22(29-12-28-18)23(27-3)20(14)16/h4-7,10-11,24H,8-9,12H2,1-3H3. The maximum absolute atomic E-state index is 13.9. The average Bonchev–Trinajstić information content (AvgIpc) is 3.27. The number of carbonyl (C=O) groups is 1. The van der Waals surface area contributed by atoms with Crippen molar-refractivity contribution in [2.75, 3.05) is 27.5 Å². The number of aryl methyl sites for hydroxylation is 1. The van der Waals surface area contributed by atoms with Gasteiger partial charge in [0.2, 0.25) is 12.5 Å². The molecule has 0 aliphatic carbocycles. The van der Waals surface area contributed by atoms with Crippen LogP contribution in [-0.4, -0.2) is 43.2 Å². The molecule has 0 unspecified atom stereocenters. The lowest BCUT2D eigenvalue weighted by atomic mass is 9.90. The number of hydrogen-bond donors (Lipinski definition) is 1. The summed E-state index contributed by atoms with van der Waals surface area (Å²) in [6.45, 7) is 2.88. The van der Waals surface area contributed by atoms with Gasteiger partial charge in [0.1, 0.15) is 0 Å². The lowest BCUT2D eigenvalue weighted by molar-refractivity contribution is 0.105. The summed E-state index contributed by atoms with van der Waals surface area (Å²) in [5, 5.41) is 0.920. The Morgan fingerprint density at radius 1 is 1.24 bits per heavy atom. The quantitative estimate of drug-likeness (QED) is 0.687. The Kier molecular flexibility index (Phi) is 4.01. The highest BCUT2D eigenvalue weighted by atomic mass is 16.7. The summed E-state index contributed by atoms with van der Waals surface area (Å²) in [6, 6.07) is 9.85. The molecule has 0 atom stereocenters. The smallest absolute Gasteiger partial charge is 0.231 e. The fourth-order valence-corrected chi connectivity index (χ4v) is 4.27. The van der Waals surface area contributed by atoms with Crippen LogP contribution in [0.1, 0.15) is 27.2 Å². The number of benzene rings is 2. The van der Waals surface area contributed by atoms with Gasteiger partial charge in [-0.2, -0.15) is 0 Å². The number of allylic oxidation sites excluding steroid dienone is 1. The number of methoxy groups -OCH3 is 1. The van der Waals surface area contributed by atoms with Crippen molar-refractivity contribution < 1.29 is 19.0 Å². The van der Waals surface area contributed by atoms with Crippen LogP contribution in [0.4, 0.5) is 0 Å². The molecule has 2 aromatic carbocycles. The first-order valence-corrected chi connectivity index (χ1v) is 9.62. The van der Waals surface area contributed by atoms with Gasteiger partial charge in [0, 0.05) is 47.5 Å². The number of rotatable bonds is 3. The highest BCUT2D eigenvalue weighted by molar-refractivity contribution is 6.33. The number of likely N-dealkylation sites (N-methyl/N-ethyl adjacent to an activating group) is 1. The van der Waals surface area contributed by atoms with E-state index in [2.05, 4.69) is 4.98 Å². The van der Waals surface area contributed by atoms with Crippen LogP contribution in [0, 0.1) is 6.92 Å². The van der Waals surface area contributed by atoms with Crippen molar-refractivity contribution in [1.82, 2.24) is 9.88 Å². The third-order valence-corrected chi connectivity index (χ3v) is 5.62. The second-order valence-electron chi connectivity index (χ2n) is 7.45. The number of ether oxygens (including phenoxy) is 3. The number of carbonyl (C=O) groups excluding carboxylic acids is 1. The Morgan fingerprint density at radius 3 is 2.90 bits per heavy atom. The molecule has 6 heteroatoms. The van der Waals surface area contributed by atoms with Crippen molar-refractivity contribution in [3.05, 3.63) is 58.9 Å². The van der Waals surface area contributed by atoms with E-state index in [1.54, 1.807) is 7.11 Å². The van der Waals surface area contributed by atoms with Crippen LogP contribution in [-0.2, 0) is 6.42 Å². The van der Waals surface area contributed by atoms with Gasteiger partial charge in [-0.3, -0.25) is 4.79 Å². The van der Waals surface area contributed by atoms with Gasteiger partial charge in [-0.1, -0.05) is 18.2 Å². The zero-order valence-corrected chi connectivity index (χ0v) is 16.7. The van der Waals surface area contributed by atoms with Crippen molar-refractivity contribution in [1.29, 1.82) is 0 Å². The van der Waals surface area contributed by atoms with Crippen molar-refractivity contribution in [2.24, 2.45) is 0 Å². The molecule has 0 saturated carbocycles. The van der Waals surface area contributed by atoms with Crippen LogP contribution in [0.25, 0.3) is 16.5 Å². The van der Waals surface area contributed by atoms with Crippen molar-refractivity contribution in [3.8, 4) is 17.2 Å². The average molecular weight is 390 g/mol.